The van der Waals surface area contributed by atoms with Crippen LogP contribution in [0.3, 0.4) is 0 Å². The summed E-state index contributed by atoms with van der Waals surface area (Å²) in [6.45, 7) is 15.1. The van der Waals surface area contributed by atoms with Crippen LogP contribution in [0.2, 0.25) is 0 Å². The zero-order valence-electron chi connectivity index (χ0n) is 15.5. The zero-order chi connectivity index (χ0) is 18.3. The minimum atomic E-state index is -1.20. The summed E-state index contributed by atoms with van der Waals surface area (Å²) < 4.78 is 5.18. The fourth-order valence-corrected chi connectivity index (χ4v) is 3.27. The summed E-state index contributed by atoms with van der Waals surface area (Å²) in [7, 11) is -1.20. The summed E-state index contributed by atoms with van der Waals surface area (Å²) >= 11 is 0. The number of hydrogen-bond acceptors (Lipinski definition) is 3. The summed E-state index contributed by atoms with van der Waals surface area (Å²) in [5, 5.41) is 0. The number of esters is 1. The number of carbonyl (C=O) groups is 2. The average molecular weight is 351 g/mol. The third-order valence-corrected chi connectivity index (χ3v) is 7.81. The van der Waals surface area contributed by atoms with Gasteiger partial charge in [0.25, 0.3) is 0 Å². The minimum absolute atomic E-state index is 0.0914. The molecule has 0 saturated heterocycles. The van der Waals surface area contributed by atoms with Gasteiger partial charge < -0.3 is 0 Å². The van der Waals surface area contributed by atoms with Crippen molar-refractivity contribution in [3.05, 3.63) is 42.0 Å². The number of amides is 1. The Morgan fingerprint density at radius 2 is 1.75 bits per heavy atom. The predicted octanol–water partition coefficient (Wildman–Crippen LogP) is 3.55. The van der Waals surface area contributed by atoms with Crippen LogP contribution >= 0.6 is 7.26 Å². The Morgan fingerprint density at radius 1 is 1.17 bits per heavy atom. The topological polar surface area (TPSA) is 46.6 Å². The van der Waals surface area contributed by atoms with E-state index in [2.05, 4.69) is 26.8 Å². The Balaban J connectivity index is 2.69. The zero-order valence-corrected chi connectivity index (χ0v) is 16.5. The molecule has 5 heteroatoms. The Labute approximate surface area is 146 Å². The molecule has 0 saturated carbocycles. The number of nitrogens with zero attached hydrogens (tertiary/aromatic N) is 1. The molecule has 4 nitrogen and oxygen atoms in total. The van der Waals surface area contributed by atoms with Crippen molar-refractivity contribution in [3.63, 3.8) is 0 Å². The fraction of sp³-hybridized carbons (Fsp3) is 0.474. The molecule has 0 aliphatic rings. The molecule has 0 spiro atoms. The molecule has 0 fully saturated rings. The van der Waals surface area contributed by atoms with Gasteiger partial charge in [-0.2, -0.15) is 0 Å². The van der Waals surface area contributed by atoms with Crippen molar-refractivity contribution in [2.75, 3.05) is 32.2 Å². The number of carbonyl (C=O) groups excluding carboxylic acids is 2. The van der Waals surface area contributed by atoms with Gasteiger partial charge in [0.1, 0.15) is 0 Å². The second-order valence-electron chi connectivity index (χ2n) is 7.02. The standard InChI is InChI=1S/C19H30NO3P/c1-7-24(5,6)13-12-20(16(4)21)14-17-8-10-18(11-9-17)23-19(22)15(2)3/h8-11,24H,2,7,12-14H2,1,3-6H3. The molecule has 1 aromatic rings. The van der Waals surface area contributed by atoms with Crippen LogP contribution in [0.15, 0.2) is 36.4 Å². The monoisotopic (exact) mass is 351 g/mol. The number of ether oxygens (including phenoxy) is 1. The average Bonchev–Trinajstić information content (AvgIpc) is 2.52. The molecule has 1 amide bonds. The Morgan fingerprint density at radius 3 is 2.21 bits per heavy atom. The van der Waals surface area contributed by atoms with E-state index in [1.165, 1.54) is 6.16 Å². The number of benzene rings is 1. The molecular weight excluding hydrogens is 321 g/mol. The maximum absolute atomic E-state index is 11.9. The molecule has 1 rings (SSSR count). The SMILES string of the molecule is C=C(C)C(=O)Oc1ccc(CN(CC[PH](C)(C)CC)C(C)=O)cc1. The fourth-order valence-electron chi connectivity index (χ4n) is 2.04. The van der Waals surface area contributed by atoms with Gasteiger partial charge in [-0.15, -0.1) is 0 Å². The number of rotatable bonds is 8. The second-order valence-corrected chi connectivity index (χ2v) is 12.6. The molecule has 0 radical (unpaired) electrons. The van der Waals surface area contributed by atoms with Crippen molar-refractivity contribution in [3.8, 4) is 5.75 Å². The summed E-state index contributed by atoms with van der Waals surface area (Å²) in [6, 6.07) is 7.27. The van der Waals surface area contributed by atoms with E-state index in [-0.39, 0.29) is 5.91 Å². The molecule has 0 unspecified atom stereocenters. The van der Waals surface area contributed by atoms with E-state index in [1.807, 2.05) is 17.0 Å². The molecule has 0 aromatic heterocycles. The van der Waals surface area contributed by atoms with Crippen LogP contribution in [0, 0.1) is 0 Å². The van der Waals surface area contributed by atoms with E-state index in [0.717, 1.165) is 18.3 Å². The first-order valence-electron chi connectivity index (χ1n) is 8.37. The molecule has 0 aliphatic heterocycles. The first-order valence-corrected chi connectivity index (χ1v) is 11.8. The van der Waals surface area contributed by atoms with Crippen molar-refractivity contribution in [2.24, 2.45) is 0 Å². The van der Waals surface area contributed by atoms with Gasteiger partial charge in [0.15, 0.2) is 0 Å². The third-order valence-electron chi connectivity index (χ3n) is 4.32. The molecular formula is C19H30NO3P. The maximum atomic E-state index is 11.9. The van der Waals surface area contributed by atoms with E-state index < -0.39 is 13.2 Å². The van der Waals surface area contributed by atoms with Gasteiger partial charge in [-0.05, 0) is 0 Å². The van der Waals surface area contributed by atoms with E-state index in [1.54, 1.807) is 26.0 Å². The van der Waals surface area contributed by atoms with Crippen LogP contribution in [-0.4, -0.2) is 49.0 Å². The third kappa shape index (κ3) is 6.84. The Bertz CT molecular complexity index is 593. The predicted molar refractivity (Wildman–Crippen MR) is 104 cm³/mol. The molecule has 0 heterocycles. The normalized spacial score (nSPS) is 11.7. The molecule has 0 atom stereocenters. The molecule has 1 aromatic carbocycles. The summed E-state index contributed by atoms with van der Waals surface area (Å²) in [6.07, 6.45) is 2.33. The van der Waals surface area contributed by atoms with Crippen molar-refractivity contribution >= 4 is 19.1 Å². The van der Waals surface area contributed by atoms with Gasteiger partial charge in [0.2, 0.25) is 0 Å². The van der Waals surface area contributed by atoms with Crippen molar-refractivity contribution in [1.29, 1.82) is 0 Å². The Kier molecular flexibility index (Phi) is 7.62. The van der Waals surface area contributed by atoms with Gasteiger partial charge in [-0.25, -0.2) is 0 Å². The molecule has 134 valence electrons. The summed E-state index contributed by atoms with van der Waals surface area (Å²) in [5.74, 6) is 0.147. The van der Waals surface area contributed by atoms with Gasteiger partial charge in [0, 0.05) is 0 Å². The van der Waals surface area contributed by atoms with Gasteiger partial charge >= 0.3 is 146 Å². The quantitative estimate of drug-likeness (QED) is 0.311. The van der Waals surface area contributed by atoms with Crippen LogP contribution in [0.5, 0.6) is 5.75 Å². The first-order chi connectivity index (χ1) is 11.1. The van der Waals surface area contributed by atoms with E-state index in [0.29, 0.717) is 17.9 Å². The van der Waals surface area contributed by atoms with Crippen molar-refractivity contribution in [2.45, 2.75) is 27.3 Å². The Hall–Kier alpha value is -1.67. The molecule has 0 bridgehead atoms. The summed E-state index contributed by atoms with van der Waals surface area (Å²) in [5.41, 5.74) is 1.39. The second kappa shape index (κ2) is 8.98. The van der Waals surface area contributed by atoms with E-state index in [9.17, 15) is 9.59 Å². The molecule has 0 aliphatic carbocycles. The first kappa shape index (κ1) is 20.4. The summed E-state index contributed by atoms with van der Waals surface area (Å²) in [4.78, 5) is 25.3. The number of hydrogen-bond donors (Lipinski definition) is 0. The van der Waals surface area contributed by atoms with Crippen LogP contribution in [0.25, 0.3) is 0 Å². The van der Waals surface area contributed by atoms with E-state index >= 15 is 0 Å². The molecule has 24 heavy (non-hydrogen) atoms. The van der Waals surface area contributed by atoms with Gasteiger partial charge in [-0.1, -0.05) is 0 Å². The van der Waals surface area contributed by atoms with Gasteiger partial charge in [0.05, 0.1) is 0 Å². The van der Waals surface area contributed by atoms with Crippen LogP contribution in [-0.2, 0) is 16.1 Å². The van der Waals surface area contributed by atoms with Crippen molar-refractivity contribution < 1.29 is 14.3 Å². The molecule has 0 N–H and O–H groups in total. The van der Waals surface area contributed by atoms with Crippen LogP contribution in [0.4, 0.5) is 0 Å². The van der Waals surface area contributed by atoms with Crippen LogP contribution < -0.4 is 4.74 Å². The van der Waals surface area contributed by atoms with Crippen molar-refractivity contribution in [1.82, 2.24) is 4.90 Å². The van der Waals surface area contributed by atoms with Gasteiger partial charge in [-0.3, -0.25) is 0 Å². The van der Waals surface area contributed by atoms with Crippen LogP contribution in [0.1, 0.15) is 26.3 Å². The van der Waals surface area contributed by atoms with E-state index in [4.69, 9.17) is 4.74 Å².